The van der Waals surface area contributed by atoms with E-state index < -0.39 is 6.61 Å². The van der Waals surface area contributed by atoms with Crippen LogP contribution in [0.1, 0.15) is 22.1 Å². The van der Waals surface area contributed by atoms with Crippen molar-refractivity contribution < 1.29 is 18.3 Å². The fourth-order valence-corrected chi connectivity index (χ4v) is 2.88. The average molecular weight is 423 g/mol. The van der Waals surface area contributed by atoms with Crippen LogP contribution in [0.2, 0.25) is 5.02 Å². The van der Waals surface area contributed by atoms with E-state index in [4.69, 9.17) is 11.6 Å². The molecular weight excluding hydrogens is 406 g/mol. The van der Waals surface area contributed by atoms with Crippen molar-refractivity contribution in [1.82, 2.24) is 30.8 Å². The standard InChI is InChI=1S/C11H12ClF2N3O.C7H5N3O/c1-15-8-5-16-17-10(8)7-4-6(12)2-3-9(7)18-11(13)14;11-5-6-4-8-7-2-1-3-9-10(6)7/h2-5,10-11,15-17H,1H3;1-5H. The first kappa shape index (κ1) is 20.5. The number of aldehydes is 1. The molecule has 0 aliphatic carbocycles. The number of alkyl halides is 2. The molecule has 1 aliphatic rings. The zero-order valence-electron chi connectivity index (χ0n) is 15.1. The van der Waals surface area contributed by atoms with Crippen LogP contribution < -0.4 is 20.9 Å². The van der Waals surface area contributed by atoms with Crippen LogP contribution in [0.25, 0.3) is 5.65 Å². The molecule has 3 heterocycles. The van der Waals surface area contributed by atoms with Crippen LogP contribution in [-0.2, 0) is 0 Å². The molecule has 1 atom stereocenters. The number of nitrogens with zero attached hydrogens (tertiary/aromatic N) is 3. The van der Waals surface area contributed by atoms with Crippen LogP contribution in [0.15, 0.2) is 54.6 Å². The van der Waals surface area contributed by atoms with Gasteiger partial charge >= 0.3 is 6.61 Å². The summed E-state index contributed by atoms with van der Waals surface area (Å²) in [5, 5.41) is 7.35. The van der Waals surface area contributed by atoms with Gasteiger partial charge < -0.3 is 15.5 Å². The Morgan fingerprint density at radius 1 is 1.38 bits per heavy atom. The number of likely N-dealkylation sites (N-methyl/N-ethyl adjacent to an activating group) is 1. The number of fused-ring (bicyclic) bond motifs is 1. The van der Waals surface area contributed by atoms with Crippen molar-refractivity contribution in [2.24, 2.45) is 0 Å². The Morgan fingerprint density at radius 2 is 2.21 bits per heavy atom. The van der Waals surface area contributed by atoms with E-state index in [1.54, 1.807) is 37.6 Å². The molecule has 0 saturated carbocycles. The minimum Gasteiger partial charge on any atom is -0.434 e. The lowest BCUT2D eigenvalue weighted by Crippen LogP contribution is -2.27. The lowest BCUT2D eigenvalue weighted by atomic mass is 10.0. The molecule has 8 nitrogen and oxygen atoms in total. The maximum absolute atomic E-state index is 12.3. The number of aromatic nitrogens is 3. The maximum atomic E-state index is 12.3. The first-order valence-electron chi connectivity index (χ1n) is 8.40. The molecule has 152 valence electrons. The number of imidazole rings is 1. The molecule has 0 spiro atoms. The average Bonchev–Trinajstić information content (AvgIpc) is 3.36. The number of benzene rings is 1. The van der Waals surface area contributed by atoms with Gasteiger partial charge in [0.15, 0.2) is 11.9 Å². The summed E-state index contributed by atoms with van der Waals surface area (Å²) in [5.41, 5.74) is 8.24. The first-order chi connectivity index (χ1) is 14.0. The number of ether oxygens (including phenoxy) is 1. The smallest absolute Gasteiger partial charge is 0.387 e. The van der Waals surface area contributed by atoms with Crippen LogP contribution in [0, 0.1) is 0 Å². The van der Waals surface area contributed by atoms with Crippen molar-refractivity contribution in [3.63, 3.8) is 0 Å². The summed E-state index contributed by atoms with van der Waals surface area (Å²) < 4.78 is 30.7. The monoisotopic (exact) mass is 422 g/mol. The second kappa shape index (κ2) is 9.30. The minimum absolute atomic E-state index is 0.0942. The van der Waals surface area contributed by atoms with Crippen molar-refractivity contribution in [3.8, 4) is 5.75 Å². The highest BCUT2D eigenvalue weighted by Gasteiger charge is 2.24. The molecule has 0 radical (unpaired) electrons. The summed E-state index contributed by atoms with van der Waals surface area (Å²) in [6.45, 7) is -2.87. The Labute approximate surface area is 169 Å². The summed E-state index contributed by atoms with van der Waals surface area (Å²) >= 11 is 5.89. The van der Waals surface area contributed by atoms with Gasteiger partial charge in [0.2, 0.25) is 0 Å². The third-order valence-corrected chi connectivity index (χ3v) is 4.21. The number of halogens is 3. The van der Waals surface area contributed by atoms with Gasteiger partial charge in [-0.15, -0.1) is 0 Å². The van der Waals surface area contributed by atoms with E-state index in [1.165, 1.54) is 22.8 Å². The summed E-state index contributed by atoms with van der Waals surface area (Å²) in [7, 11) is 1.74. The molecule has 0 bridgehead atoms. The Bertz CT molecular complexity index is 1030. The van der Waals surface area contributed by atoms with Gasteiger partial charge in [-0.05, 0) is 30.3 Å². The largest absolute Gasteiger partial charge is 0.434 e. The van der Waals surface area contributed by atoms with Crippen LogP contribution in [0.5, 0.6) is 5.75 Å². The van der Waals surface area contributed by atoms with Crippen LogP contribution in [0.4, 0.5) is 8.78 Å². The van der Waals surface area contributed by atoms with E-state index in [0.717, 1.165) is 12.0 Å². The summed E-state index contributed by atoms with van der Waals surface area (Å²) in [6.07, 6.45) is 5.54. The summed E-state index contributed by atoms with van der Waals surface area (Å²) in [4.78, 5) is 14.3. The van der Waals surface area contributed by atoms with Gasteiger partial charge in [-0.3, -0.25) is 4.79 Å². The fourth-order valence-electron chi connectivity index (χ4n) is 2.70. The normalized spacial score (nSPS) is 15.3. The quantitative estimate of drug-likeness (QED) is 0.544. The predicted octanol–water partition coefficient (Wildman–Crippen LogP) is 2.69. The van der Waals surface area contributed by atoms with E-state index in [9.17, 15) is 13.6 Å². The third-order valence-electron chi connectivity index (χ3n) is 3.98. The van der Waals surface area contributed by atoms with Gasteiger partial charge in [0.25, 0.3) is 0 Å². The summed E-state index contributed by atoms with van der Waals surface area (Å²) in [6, 6.07) is 7.78. The molecular formula is C18H17ClF2N6O2. The van der Waals surface area contributed by atoms with Gasteiger partial charge in [-0.25, -0.2) is 14.9 Å². The van der Waals surface area contributed by atoms with Crippen molar-refractivity contribution >= 4 is 23.5 Å². The second-order valence-corrected chi connectivity index (χ2v) is 6.16. The van der Waals surface area contributed by atoms with E-state index in [1.807, 2.05) is 0 Å². The van der Waals surface area contributed by atoms with E-state index in [0.29, 0.717) is 21.9 Å². The number of nitrogens with one attached hydrogen (secondary N) is 3. The third kappa shape index (κ3) is 4.79. The predicted molar refractivity (Wildman–Crippen MR) is 103 cm³/mol. The zero-order valence-corrected chi connectivity index (χ0v) is 15.9. The number of carbonyl (C=O) groups is 1. The van der Waals surface area contributed by atoms with Crippen molar-refractivity contribution in [2.45, 2.75) is 12.7 Å². The van der Waals surface area contributed by atoms with Crippen LogP contribution in [-0.4, -0.2) is 34.5 Å². The number of carbonyl (C=O) groups excluding carboxylic acids is 1. The Morgan fingerprint density at radius 3 is 2.93 bits per heavy atom. The first-order valence-corrected chi connectivity index (χ1v) is 8.78. The molecule has 3 N–H and O–H groups in total. The number of hydrogen-bond acceptors (Lipinski definition) is 7. The SMILES string of the molecule is CNC1=CNNC1c1cc(Cl)ccc1OC(F)F.O=Cc1cnc2cccnn12. The fraction of sp³-hybridized carbons (Fsp3) is 0.167. The zero-order chi connectivity index (χ0) is 20.8. The van der Waals surface area contributed by atoms with Crippen molar-refractivity contribution in [1.29, 1.82) is 0 Å². The van der Waals surface area contributed by atoms with Gasteiger partial charge in [-0.1, -0.05) is 11.6 Å². The molecule has 1 aliphatic heterocycles. The van der Waals surface area contributed by atoms with Crippen LogP contribution in [0.3, 0.4) is 0 Å². The lowest BCUT2D eigenvalue weighted by Gasteiger charge is -2.18. The van der Waals surface area contributed by atoms with E-state index in [2.05, 4.69) is 31.0 Å². The number of hydrogen-bond donors (Lipinski definition) is 3. The molecule has 1 aromatic carbocycles. The molecule has 4 rings (SSSR count). The molecule has 0 fully saturated rings. The van der Waals surface area contributed by atoms with Crippen molar-refractivity contribution in [2.75, 3.05) is 7.05 Å². The second-order valence-electron chi connectivity index (χ2n) is 5.73. The van der Waals surface area contributed by atoms with Gasteiger partial charge in [0, 0.05) is 30.0 Å². The molecule has 0 amide bonds. The topological polar surface area (TPSA) is 92.6 Å². The van der Waals surface area contributed by atoms with Crippen molar-refractivity contribution in [3.05, 3.63) is 70.9 Å². The number of hydrazine groups is 1. The molecule has 1 unspecified atom stereocenters. The highest BCUT2D eigenvalue weighted by Crippen LogP contribution is 2.33. The Balaban J connectivity index is 0.000000186. The summed E-state index contributed by atoms with van der Waals surface area (Å²) in [5.74, 6) is 0.0942. The molecule has 3 aromatic rings. The molecule has 2 aromatic heterocycles. The Hall–Kier alpha value is -3.24. The highest BCUT2D eigenvalue weighted by molar-refractivity contribution is 6.30. The number of rotatable bonds is 5. The Kier molecular flexibility index (Phi) is 6.57. The van der Waals surface area contributed by atoms with Crippen LogP contribution >= 0.6 is 11.6 Å². The lowest BCUT2D eigenvalue weighted by molar-refractivity contribution is -0.0506. The molecule has 11 heteroatoms. The van der Waals surface area contributed by atoms with Gasteiger partial charge in [0.05, 0.1) is 17.9 Å². The van der Waals surface area contributed by atoms with Gasteiger partial charge in [0.1, 0.15) is 11.4 Å². The maximum Gasteiger partial charge on any atom is 0.387 e. The van der Waals surface area contributed by atoms with E-state index >= 15 is 0 Å². The molecule has 29 heavy (non-hydrogen) atoms. The van der Waals surface area contributed by atoms with Gasteiger partial charge in [-0.2, -0.15) is 13.9 Å². The molecule has 0 saturated heterocycles. The highest BCUT2D eigenvalue weighted by atomic mass is 35.5. The minimum atomic E-state index is -2.87. The van der Waals surface area contributed by atoms with E-state index in [-0.39, 0.29) is 11.8 Å².